The molecule has 1 aromatic heterocycles. The predicted octanol–water partition coefficient (Wildman–Crippen LogP) is 0.563. The molecule has 1 unspecified atom stereocenters. The average molecular weight is 167 g/mol. The van der Waals surface area contributed by atoms with E-state index in [-0.39, 0.29) is 11.1 Å². The van der Waals surface area contributed by atoms with Gasteiger partial charge in [0.2, 0.25) is 0 Å². The van der Waals surface area contributed by atoms with Gasteiger partial charge < -0.3 is 10.1 Å². The minimum atomic E-state index is -0.994. The van der Waals surface area contributed by atoms with Crippen LogP contribution in [-0.4, -0.2) is 16.1 Å². The number of pyridine rings is 1. The Morgan fingerprint density at radius 2 is 2.33 bits per heavy atom. The summed E-state index contributed by atoms with van der Waals surface area (Å²) in [5.41, 5.74) is -0.0580. The average Bonchev–Trinajstić information content (AvgIpc) is 2.04. The Morgan fingerprint density at radius 3 is 2.83 bits per heavy atom. The van der Waals surface area contributed by atoms with Gasteiger partial charge in [-0.3, -0.25) is 9.59 Å². The first-order valence-corrected chi connectivity index (χ1v) is 3.53. The lowest BCUT2D eigenvalue weighted by atomic mass is 10.0. The lowest BCUT2D eigenvalue weighted by Crippen LogP contribution is -2.18. The molecular weight excluding hydrogens is 158 g/mol. The maximum Gasteiger partial charge on any atom is 0.310 e. The molecule has 1 heterocycles. The molecule has 64 valence electrons. The molecule has 0 radical (unpaired) electrons. The van der Waals surface area contributed by atoms with Gasteiger partial charge in [0.05, 0.1) is 5.92 Å². The van der Waals surface area contributed by atoms with Crippen LogP contribution in [0.25, 0.3) is 0 Å². The monoisotopic (exact) mass is 167 g/mol. The topological polar surface area (TPSA) is 70.2 Å². The number of aromatic amines is 1. The molecular formula is C8H9NO3. The molecule has 0 fully saturated rings. The SMILES string of the molecule is CC(C(=O)O)c1ccc[nH]c1=O. The Morgan fingerprint density at radius 1 is 1.67 bits per heavy atom. The molecule has 0 saturated carbocycles. The van der Waals surface area contributed by atoms with Gasteiger partial charge in [0.1, 0.15) is 0 Å². The van der Waals surface area contributed by atoms with Crippen molar-refractivity contribution in [3.05, 3.63) is 34.2 Å². The van der Waals surface area contributed by atoms with E-state index in [1.54, 1.807) is 6.07 Å². The number of H-pyrrole nitrogens is 1. The summed E-state index contributed by atoms with van der Waals surface area (Å²) in [5, 5.41) is 8.61. The van der Waals surface area contributed by atoms with Gasteiger partial charge in [-0.25, -0.2) is 0 Å². The molecule has 2 N–H and O–H groups in total. The number of rotatable bonds is 2. The molecule has 0 amide bonds. The molecule has 0 aliphatic rings. The minimum Gasteiger partial charge on any atom is -0.481 e. The van der Waals surface area contributed by atoms with Crippen LogP contribution >= 0.6 is 0 Å². The van der Waals surface area contributed by atoms with E-state index in [2.05, 4.69) is 4.98 Å². The van der Waals surface area contributed by atoms with Gasteiger partial charge in [0, 0.05) is 11.8 Å². The molecule has 4 heteroatoms. The summed E-state index contributed by atoms with van der Waals surface area (Å²) in [5.74, 6) is -1.75. The summed E-state index contributed by atoms with van der Waals surface area (Å²) < 4.78 is 0. The number of hydrogen-bond donors (Lipinski definition) is 2. The zero-order valence-corrected chi connectivity index (χ0v) is 6.57. The molecule has 1 rings (SSSR count). The lowest BCUT2D eigenvalue weighted by Gasteiger charge is -2.03. The second-order valence-electron chi connectivity index (χ2n) is 2.51. The normalized spacial score (nSPS) is 12.4. The van der Waals surface area contributed by atoms with Gasteiger partial charge in [0.15, 0.2) is 0 Å². The predicted molar refractivity (Wildman–Crippen MR) is 43.1 cm³/mol. The van der Waals surface area contributed by atoms with Crippen LogP contribution in [0, 0.1) is 0 Å². The Bertz CT molecular complexity index is 342. The number of nitrogens with one attached hydrogen (secondary N) is 1. The van der Waals surface area contributed by atoms with E-state index in [0.717, 1.165) is 0 Å². The molecule has 4 nitrogen and oxygen atoms in total. The molecule has 0 aliphatic carbocycles. The van der Waals surface area contributed by atoms with Gasteiger partial charge in [-0.15, -0.1) is 0 Å². The fourth-order valence-electron chi connectivity index (χ4n) is 0.909. The van der Waals surface area contributed by atoms with Crippen molar-refractivity contribution in [3.8, 4) is 0 Å². The smallest absolute Gasteiger partial charge is 0.310 e. The molecule has 0 spiro atoms. The van der Waals surface area contributed by atoms with Crippen LogP contribution < -0.4 is 5.56 Å². The van der Waals surface area contributed by atoms with Crippen LogP contribution in [0.3, 0.4) is 0 Å². The minimum absolute atomic E-state index is 0.282. The summed E-state index contributed by atoms with van der Waals surface area (Å²) in [7, 11) is 0. The summed E-state index contributed by atoms with van der Waals surface area (Å²) in [6.45, 7) is 1.48. The highest BCUT2D eigenvalue weighted by molar-refractivity contribution is 5.75. The van der Waals surface area contributed by atoms with Crippen LogP contribution in [0.1, 0.15) is 18.4 Å². The van der Waals surface area contributed by atoms with Crippen LogP contribution in [-0.2, 0) is 4.79 Å². The largest absolute Gasteiger partial charge is 0.481 e. The van der Waals surface area contributed by atoms with Crippen LogP contribution in [0.4, 0.5) is 0 Å². The Balaban J connectivity index is 3.11. The number of carbonyl (C=O) groups is 1. The third kappa shape index (κ3) is 1.53. The molecule has 12 heavy (non-hydrogen) atoms. The van der Waals surface area contributed by atoms with Gasteiger partial charge in [0.25, 0.3) is 5.56 Å². The zero-order valence-electron chi connectivity index (χ0n) is 6.57. The first-order valence-electron chi connectivity index (χ1n) is 3.53. The van der Waals surface area contributed by atoms with Crippen LogP contribution in [0.2, 0.25) is 0 Å². The summed E-state index contributed by atoms with van der Waals surface area (Å²) in [6.07, 6.45) is 1.47. The summed E-state index contributed by atoms with van der Waals surface area (Å²) in [6, 6.07) is 3.12. The van der Waals surface area contributed by atoms with Gasteiger partial charge in [-0.05, 0) is 13.0 Å². The number of aliphatic carboxylic acids is 1. The van der Waals surface area contributed by atoms with Crippen molar-refractivity contribution >= 4 is 5.97 Å². The number of aromatic nitrogens is 1. The Hall–Kier alpha value is -1.58. The maximum absolute atomic E-state index is 11.0. The molecule has 0 saturated heterocycles. The second kappa shape index (κ2) is 3.21. The van der Waals surface area contributed by atoms with Crippen molar-refractivity contribution in [2.75, 3.05) is 0 Å². The number of carboxylic acids is 1. The first kappa shape index (κ1) is 8.52. The highest BCUT2D eigenvalue weighted by atomic mass is 16.4. The van der Waals surface area contributed by atoms with Crippen LogP contribution in [0.5, 0.6) is 0 Å². The van der Waals surface area contributed by atoms with E-state index in [1.165, 1.54) is 19.2 Å². The van der Waals surface area contributed by atoms with Crippen molar-refractivity contribution in [1.29, 1.82) is 0 Å². The number of carboxylic acid groups (broad SMARTS) is 1. The van der Waals surface area contributed by atoms with E-state index in [0.29, 0.717) is 0 Å². The standard InChI is InChI=1S/C8H9NO3/c1-5(8(11)12)6-3-2-4-9-7(6)10/h2-5H,1H3,(H,9,10)(H,11,12). The van der Waals surface area contributed by atoms with E-state index in [1.807, 2.05) is 0 Å². The van der Waals surface area contributed by atoms with E-state index < -0.39 is 11.9 Å². The van der Waals surface area contributed by atoms with E-state index in [4.69, 9.17) is 5.11 Å². The van der Waals surface area contributed by atoms with Gasteiger partial charge in [-0.2, -0.15) is 0 Å². The molecule has 0 aromatic carbocycles. The molecule has 1 atom stereocenters. The fourth-order valence-corrected chi connectivity index (χ4v) is 0.909. The van der Waals surface area contributed by atoms with Crippen molar-refractivity contribution in [3.63, 3.8) is 0 Å². The van der Waals surface area contributed by atoms with E-state index >= 15 is 0 Å². The van der Waals surface area contributed by atoms with Crippen molar-refractivity contribution in [1.82, 2.24) is 4.98 Å². The Kier molecular flexibility index (Phi) is 2.28. The fraction of sp³-hybridized carbons (Fsp3) is 0.250. The molecule has 1 aromatic rings. The lowest BCUT2D eigenvalue weighted by molar-refractivity contribution is -0.138. The highest BCUT2D eigenvalue weighted by Crippen LogP contribution is 2.08. The highest BCUT2D eigenvalue weighted by Gasteiger charge is 2.15. The summed E-state index contributed by atoms with van der Waals surface area (Å²) in [4.78, 5) is 24.0. The van der Waals surface area contributed by atoms with Crippen molar-refractivity contribution in [2.45, 2.75) is 12.8 Å². The zero-order chi connectivity index (χ0) is 9.14. The first-order chi connectivity index (χ1) is 5.63. The third-order valence-electron chi connectivity index (χ3n) is 1.69. The third-order valence-corrected chi connectivity index (χ3v) is 1.69. The van der Waals surface area contributed by atoms with Gasteiger partial charge >= 0.3 is 5.97 Å². The van der Waals surface area contributed by atoms with E-state index in [9.17, 15) is 9.59 Å². The number of hydrogen-bond acceptors (Lipinski definition) is 2. The molecule has 0 bridgehead atoms. The quantitative estimate of drug-likeness (QED) is 0.676. The molecule has 0 aliphatic heterocycles. The van der Waals surface area contributed by atoms with Crippen molar-refractivity contribution in [2.24, 2.45) is 0 Å². The maximum atomic E-state index is 11.0. The second-order valence-corrected chi connectivity index (χ2v) is 2.51. The van der Waals surface area contributed by atoms with Crippen molar-refractivity contribution < 1.29 is 9.90 Å². The van der Waals surface area contributed by atoms with Gasteiger partial charge in [-0.1, -0.05) is 6.07 Å². The van der Waals surface area contributed by atoms with Crippen LogP contribution in [0.15, 0.2) is 23.1 Å². The summed E-state index contributed by atoms with van der Waals surface area (Å²) >= 11 is 0. The Labute approximate surface area is 68.9 Å².